The van der Waals surface area contributed by atoms with Crippen molar-refractivity contribution >= 4 is 44.6 Å². The van der Waals surface area contributed by atoms with E-state index in [-0.39, 0.29) is 4.90 Å². The van der Waals surface area contributed by atoms with E-state index in [4.69, 9.17) is 23.2 Å². The highest BCUT2D eigenvalue weighted by molar-refractivity contribution is 7.93. The quantitative estimate of drug-likeness (QED) is 0.767. The minimum absolute atomic E-state index is 0.117. The Morgan fingerprint density at radius 2 is 1.58 bits per heavy atom. The monoisotopic (exact) mass is 411 g/mol. The molecule has 1 aliphatic rings. The second-order valence-electron chi connectivity index (χ2n) is 6.57. The summed E-state index contributed by atoms with van der Waals surface area (Å²) in [6, 6.07) is 11.0. The summed E-state index contributed by atoms with van der Waals surface area (Å²) in [5, 5.41) is 3.81. The highest BCUT2D eigenvalue weighted by atomic mass is 35.5. The van der Waals surface area contributed by atoms with Crippen LogP contribution in [0.1, 0.15) is 31.2 Å². The largest absolute Gasteiger partial charge is 0.324 e. The Morgan fingerprint density at radius 1 is 1.00 bits per heavy atom. The maximum absolute atomic E-state index is 13.3. The standard InChI is InChI=1S/C19H19Cl2NO3S/c1-13-12-15(21)6-9-17(13)22-18(23)19(10-2-3-11-19)26(24,25)16-7-4-14(20)5-8-16/h4-9,12H,2-3,10-11H2,1H3,(H,22,23). The topological polar surface area (TPSA) is 63.2 Å². The van der Waals surface area contributed by atoms with Crippen LogP contribution in [-0.4, -0.2) is 19.1 Å². The van der Waals surface area contributed by atoms with E-state index in [1.807, 2.05) is 6.92 Å². The van der Waals surface area contributed by atoms with Gasteiger partial charge < -0.3 is 5.32 Å². The van der Waals surface area contributed by atoms with Crippen LogP contribution >= 0.6 is 23.2 Å². The van der Waals surface area contributed by atoms with E-state index in [1.165, 1.54) is 24.3 Å². The van der Waals surface area contributed by atoms with Crippen molar-refractivity contribution in [3.05, 3.63) is 58.1 Å². The average Bonchev–Trinajstić information content (AvgIpc) is 3.09. The number of hydrogen-bond acceptors (Lipinski definition) is 3. The Bertz CT molecular complexity index is 934. The lowest BCUT2D eigenvalue weighted by Crippen LogP contribution is -2.47. The van der Waals surface area contributed by atoms with Crippen LogP contribution in [0.2, 0.25) is 10.0 Å². The van der Waals surface area contributed by atoms with Crippen molar-refractivity contribution in [1.82, 2.24) is 0 Å². The lowest BCUT2D eigenvalue weighted by Gasteiger charge is -2.28. The molecule has 1 N–H and O–H groups in total. The Morgan fingerprint density at radius 3 is 2.15 bits per heavy atom. The molecule has 0 aliphatic heterocycles. The molecular formula is C19H19Cl2NO3S. The van der Waals surface area contributed by atoms with Crippen LogP contribution in [-0.2, 0) is 14.6 Å². The van der Waals surface area contributed by atoms with E-state index in [0.717, 1.165) is 5.56 Å². The Kier molecular flexibility index (Phi) is 5.33. The first kappa shape index (κ1) is 19.2. The number of carbonyl (C=O) groups excluding carboxylic acids is 1. The lowest BCUT2D eigenvalue weighted by atomic mass is 10.1. The van der Waals surface area contributed by atoms with Gasteiger partial charge in [0.05, 0.1) is 4.90 Å². The molecule has 7 heteroatoms. The van der Waals surface area contributed by atoms with Gasteiger partial charge in [-0.15, -0.1) is 0 Å². The van der Waals surface area contributed by atoms with Gasteiger partial charge in [-0.2, -0.15) is 0 Å². The fraction of sp³-hybridized carbons (Fsp3) is 0.316. The molecule has 26 heavy (non-hydrogen) atoms. The van der Waals surface area contributed by atoms with Crippen LogP contribution < -0.4 is 5.32 Å². The number of rotatable bonds is 4. The van der Waals surface area contributed by atoms with Crippen LogP contribution in [0.4, 0.5) is 5.69 Å². The van der Waals surface area contributed by atoms with Crippen molar-refractivity contribution in [2.24, 2.45) is 0 Å². The first-order valence-corrected chi connectivity index (χ1v) is 10.6. The zero-order valence-corrected chi connectivity index (χ0v) is 16.6. The summed E-state index contributed by atoms with van der Waals surface area (Å²) in [4.78, 5) is 13.2. The van der Waals surface area contributed by atoms with Gasteiger partial charge in [-0.3, -0.25) is 4.79 Å². The molecule has 1 amide bonds. The number of halogens is 2. The van der Waals surface area contributed by atoms with Crippen LogP contribution in [0, 0.1) is 6.92 Å². The van der Waals surface area contributed by atoms with Gasteiger partial charge in [-0.1, -0.05) is 36.0 Å². The zero-order valence-electron chi connectivity index (χ0n) is 14.3. The van der Waals surface area contributed by atoms with Crippen molar-refractivity contribution < 1.29 is 13.2 Å². The number of hydrogen-bond donors (Lipinski definition) is 1. The van der Waals surface area contributed by atoms with E-state index in [2.05, 4.69) is 5.32 Å². The number of sulfone groups is 1. The van der Waals surface area contributed by atoms with Crippen LogP contribution in [0.5, 0.6) is 0 Å². The normalized spacial score (nSPS) is 16.4. The van der Waals surface area contributed by atoms with Crippen molar-refractivity contribution in [3.63, 3.8) is 0 Å². The second kappa shape index (κ2) is 7.22. The number of aryl methyl sites for hydroxylation is 1. The molecule has 0 heterocycles. The summed E-state index contributed by atoms with van der Waals surface area (Å²) in [5.41, 5.74) is 1.35. The van der Waals surface area contributed by atoms with Gasteiger partial charge in [0.25, 0.3) is 0 Å². The van der Waals surface area contributed by atoms with Crippen molar-refractivity contribution in [3.8, 4) is 0 Å². The highest BCUT2D eigenvalue weighted by Crippen LogP contribution is 2.41. The molecule has 0 aromatic heterocycles. The average molecular weight is 412 g/mol. The molecule has 2 aromatic rings. The van der Waals surface area contributed by atoms with Gasteiger partial charge in [0.15, 0.2) is 14.6 Å². The third-order valence-corrected chi connectivity index (χ3v) is 7.90. The van der Waals surface area contributed by atoms with Crippen molar-refractivity contribution in [2.45, 2.75) is 42.2 Å². The van der Waals surface area contributed by atoms with Crippen molar-refractivity contribution in [1.29, 1.82) is 0 Å². The van der Waals surface area contributed by atoms with E-state index in [1.54, 1.807) is 18.2 Å². The third kappa shape index (κ3) is 3.36. The molecule has 138 valence electrons. The third-order valence-electron chi connectivity index (χ3n) is 4.90. The molecule has 1 saturated carbocycles. The molecule has 0 bridgehead atoms. The van der Waals surface area contributed by atoms with E-state index in [9.17, 15) is 13.2 Å². The Hall–Kier alpha value is -1.56. The molecule has 1 fully saturated rings. The molecule has 0 unspecified atom stereocenters. The molecule has 0 atom stereocenters. The maximum Gasteiger partial charge on any atom is 0.246 e. The molecule has 2 aromatic carbocycles. The summed E-state index contributed by atoms with van der Waals surface area (Å²) in [6.07, 6.45) is 1.99. The van der Waals surface area contributed by atoms with Crippen LogP contribution in [0.15, 0.2) is 47.4 Å². The number of nitrogens with one attached hydrogen (secondary N) is 1. The van der Waals surface area contributed by atoms with E-state index < -0.39 is 20.5 Å². The second-order valence-corrected chi connectivity index (χ2v) is 9.70. The summed E-state index contributed by atoms with van der Waals surface area (Å²) in [5.74, 6) is -0.490. The molecule has 0 saturated heterocycles. The molecule has 1 aliphatic carbocycles. The van der Waals surface area contributed by atoms with Crippen molar-refractivity contribution in [2.75, 3.05) is 5.32 Å². The molecular weight excluding hydrogens is 393 g/mol. The van der Waals surface area contributed by atoms with Gasteiger partial charge in [0.2, 0.25) is 5.91 Å². The Balaban J connectivity index is 1.99. The first-order valence-electron chi connectivity index (χ1n) is 8.34. The van der Waals surface area contributed by atoms with E-state index >= 15 is 0 Å². The van der Waals surface area contributed by atoms with Gasteiger partial charge in [0.1, 0.15) is 0 Å². The Labute approximate surface area is 163 Å². The predicted molar refractivity (Wildman–Crippen MR) is 105 cm³/mol. The maximum atomic E-state index is 13.3. The lowest BCUT2D eigenvalue weighted by molar-refractivity contribution is -0.118. The summed E-state index contributed by atoms with van der Waals surface area (Å²) in [6.45, 7) is 1.82. The summed E-state index contributed by atoms with van der Waals surface area (Å²) in [7, 11) is -3.85. The van der Waals surface area contributed by atoms with Gasteiger partial charge >= 0.3 is 0 Å². The number of amides is 1. The number of carbonyl (C=O) groups is 1. The van der Waals surface area contributed by atoms with Gasteiger partial charge in [0, 0.05) is 15.7 Å². The van der Waals surface area contributed by atoms with Gasteiger partial charge in [-0.05, 0) is 67.8 Å². The highest BCUT2D eigenvalue weighted by Gasteiger charge is 2.53. The SMILES string of the molecule is Cc1cc(Cl)ccc1NC(=O)C1(S(=O)(=O)c2ccc(Cl)cc2)CCCC1. The zero-order chi connectivity index (χ0) is 18.9. The summed E-state index contributed by atoms with van der Waals surface area (Å²) >= 11 is 11.8. The van der Waals surface area contributed by atoms with Crippen LogP contribution in [0.25, 0.3) is 0 Å². The van der Waals surface area contributed by atoms with Crippen LogP contribution in [0.3, 0.4) is 0 Å². The first-order chi connectivity index (χ1) is 12.3. The molecule has 3 rings (SSSR count). The fourth-order valence-electron chi connectivity index (χ4n) is 3.41. The smallest absolute Gasteiger partial charge is 0.246 e. The number of benzene rings is 2. The molecule has 0 radical (unpaired) electrons. The molecule has 4 nitrogen and oxygen atoms in total. The minimum atomic E-state index is -3.85. The predicted octanol–water partition coefficient (Wildman–Crippen LogP) is 5.03. The van der Waals surface area contributed by atoms with Gasteiger partial charge in [-0.25, -0.2) is 8.42 Å². The number of anilines is 1. The fourth-order valence-corrected chi connectivity index (χ4v) is 5.83. The minimum Gasteiger partial charge on any atom is -0.324 e. The molecule has 0 spiro atoms. The summed E-state index contributed by atoms with van der Waals surface area (Å²) < 4.78 is 25.2. The van der Waals surface area contributed by atoms with E-state index in [0.29, 0.717) is 41.4 Å².